The van der Waals surface area contributed by atoms with Crippen LogP contribution in [0.25, 0.3) is 22.3 Å². The van der Waals surface area contributed by atoms with E-state index in [1.54, 1.807) is 0 Å². The first-order valence-corrected chi connectivity index (χ1v) is 10.4. The standard InChI is InChI=1S/C27H20N4/c1-3-11-20(12-4-1)25(22-19-28-30-17-9-7-15-23(22)30)26-24-16-8-10-18-31(24)29-27(26)21-13-5-2-6-14-21/h1-19,25H. The van der Waals surface area contributed by atoms with Crippen molar-refractivity contribution in [1.29, 1.82) is 0 Å². The van der Waals surface area contributed by atoms with E-state index < -0.39 is 0 Å². The van der Waals surface area contributed by atoms with Crippen LogP contribution in [0.5, 0.6) is 0 Å². The summed E-state index contributed by atoms with van der Waals surface area (Å²) in [7, 11) is 0. The second-order valence-corrected chi connectivity index (χ2v) is 7.63. The molecule has 4 nitrogen and oxygen atoms in total. The van der Waals surface area contributed by atoms with Gasteiger partial charge in [-0.05, 0) is 29.8 Å². The van der Waals surface area contributed by atoms with Gasteiger partial charge in [-0.3, -0.25) is 0 Å². The maximum atomic E-state index is 5.01. The highest BCUT2D eigenvalue weighted by Gasteiger charge is 2.28. The van der Waals surface area contributed by atoms with E-state index in [2.05, 4.69) is 84.0 Å². The molecule has 0 amide bonds. The first-order chi connectivity index (χ1) is 15.4. The molecule has 6 rings (SSSR count). The molecule has 0 spiro atoms. The Kier molecular flexibility index (Phi) is 4.13. The number of fused-ring (bicyclic) bond motifs is 2. The third-order valence-corrected chi connectivity index (χ3v) is 5.81. The van der Waals surface area contributed by atoms with Crippen molar-refractivity contribution in [2.24, 2.45) is 0 Å². The predicted molar refractivity (Wildman–Crippen MR) is 123 cm³/mol. The van der Waals surface area contributed by atoms with Gasteiger partial charge in [0.25, 0.3) is 0 Å². The minimum Gasteiger partial charge on any atom is -0.241 e. The van der Waals surface area contributed by atoms with E-state index >= 15 is 0 Å². The fraction of sp³-hybridized carbons (Fsp3) is 0.0370. The van der Waals surface area contributed by atoms with Crippen molar-refractivity contribution in [3.63, 3.8) is 0 Å². The molecule has 0 aliphatic carbocycles. The van der Waals surface area contributed by atoms with E-state index in [1.165, 1.54) is 16.7 Å². The molecule has 4 aromatic heterocycles. The summed E-state index contributed by atoms with van der Waals surface area (Å²) >= 11 is 0. The van der Waals surface area contributed by atoms with E-state index in [-0.39, 0.29) is 5.92 Å². The summed E-state index contributed by atoms with van der Waals surface area (Å²) in [6.07, 6.45) is 6.01. The Morgan fingerprint density at radius 3 is 2.03 bits per heavy atom. The quantitative estimate of drug-likeness (QED) is 0.373. The molecule has 0 N–H and O–H groups in total. The van der Waals surface area contributed by atoms with E-state index in [1.807, 2.05) is 45.8 Å². The van der Waals surface area contributed by atoms with Crippen molar-refractivity contribution in [2.45, 2.75) is 5.92 Å². The number of hydrogen-bond donors (Lipinski definition) is 0. The number of benzene rings is 2. The van der Waals surface area contributed by atoms with Crippen LogP contribution in [0, 0.1) is 0 Å². The first kappa shape index (κ1) is 17.7. The number of aromatic nitrogens is 4. The normalized spacial score (nSPS) is 12.4. The molecule has 4 heterocycles. The molecule has 0 fully saturated rings. The Morgan fingerprint density at radius 2 is 1.26 bits per heavy atom. The Bertz CT molecular complexity index is 1480. The SMILES string of the molecule is c1ccc(-c2nn3ccccc3c2C(c2ccccc2)c2cnn3ccccc23)cc1. The molecular weight excluding hydrogens is 380 g/mol. The van der Waals surface area contributed by atoms with Crippen molar-refractivity contribution >= 4 is 11.0 Å². The van der Waals surface area contributed by atoms with Gasteiger partial charge in [0.1, 0.15) is 0 Å². The molecule has 6 aromatic rings. The maximum absolute atomic E-state index is 5.01. The molecule has 0 aliphatic rings. The fourth-order valence-corrected chi connectivity index (χ4v) is 4.44. The van der Waals surface area contributed by atoms with Gasteiger partial charge < -0.3 is 0 Å². The summed E-state index contributed by atoms with van der Waals surface area (Å²) in [5, 5.41) is 9.66. The van der Waals surface area contributed by atoms with Gasteiger partial charge in [0.05, 0.1) is 22.9 Å². The van der Waals surface area contributed by atoms with E-state index in [0.29, 0.717) is 0 Å². The average molecular weight is 400 g/mol. The third kappa shape index (κ3) is 2.92. The van der Waals surface area contributed by atoms with Crippen LogP contribution in [0.4, 0.5) is 0 Å². The number of pyridine rings is 2. The molecule has 2 aromatic carbocycles. The van der Waals surface area contributed by atoms with Crippen molar-refractivity contribution in [1.82, 2.24) is 19.2 Å². The van der Waals surface area contributed by atoms with Gasteiger partial charge in [-0.1, -0.05) is 72.8 Å². The molecule has 31 heavy (non-hydrogen) atoms. The topological polar surface area (TPSA) is 34.6 Å². The average Bonchev–Trinajstić information content (AvgIpc) is 3.43. The molecule has 0 aliphatic heterocycles. The van der Waals surface area contributed by atoms with Crippen LogP contribution in [-0.4, -0.2) is 19.2 Å². The number of hydrogen-bond acceptors (Lipinski definition) is 2. The third-order valence-electron chi connectivity index (χ3n) is 5.81. The molecule has 4 heteroatoms. The first-order valence-electron chi connectivity index (χ1n) is 10.4. The summed E-state index contributed by atoms with van der Waals surface area (Å²) in [5.41, 5.74) is 7.89. The van der Waals surface area contributed by atoms with Crippen molar-refractivity contribution in [3.8, 4) is 11.3 Å². The van der Waals surface area contributed by atoms with Gasteiger partial charge in [-0.25, -0.2) is 9.03 Å². The van der Waals surface area contributed by atoms with Crippen LogP contribution in [0.1, 0.15) is 22.6 Å². The Hall–Kier alpha value is -4.18. The largest absolute Gasteiger partial charge is 0.241 e. The minimum atomic E-state index is -0.00351. The fourth-order valence-electron chi connectivity index (χ4n) is 4.44. The lowest BCUT2D eigenvalue weighted by Gasteiger charge is -2.18. The van der Waals surface area contributed by atoms with E-state index in [4.69, 9.17) is 5.10 Å². The smallest absolute Gasteiger partial charge is 0.0975 e. The summed E-state index contributed by atoms with van der Waals surface area (Å²) in [6, 6.07) is 33.5. The highest BCUT2D eigenvalue weighted by Crippen LogP contribution is 2.41. The predicted octanol–water partition coefficient (Wildman–Crippen LogP) is 5.83. The molecule has 0 radical (unpaired) electrons. The maximum Gasteiger partial charge on any atom is 0.0975 e. The van der Waals surface area contributed by atoms with Crippen molar-refractivity contribution < 1.29 is 0 Å². The molecule has 1 atom stereocenters. The van der Waals surface area contributed by atoms with Gasteiger partial charge >= 0.3 is 0 Å². The lowest BCUT2D eigenvalue weighted by molar-refractivity contribution is 0.961. The molecule has 0 bridgehead atoms. The van der Waals surface area contributed by atoms with Crippen LogP contribution in [-0.2, 0) is 0 Å². The Balaban J connectivity index is 1.71. The Morgan fingerprint density at radius 1 is 0.613 bits per heavy atom. The molecular formula is C27H20N4. The van der Waals surface area contributed by atoms with E-state index in [0.717, 1.165) is 22.3 Å². The zero-order valence-corrected chi connectivity index (χ0v) is 16.8. The molecule has 0 saturated heterocycles. The molecule has 1 unspecified atom stereocenters. The lowest BCUT2D eigenvalue weighted by Crippen LogP contribution is -2.04. The second-order valence-electron chi connectivity index (χ2n) is 7.63. The summed E-state index contributed by atoms with van der Waals surface area (Å²) < 4.78 is 3.93. The van der Waals surface area contributed by atoms with Gasteiger partial charge in [0, 0.05) is 35.0 Å². The van der Waals surface area contributed by atoms with Gasteiger partial charge in [-0.15, -0.1) is 0 Å². The highest BCUT2D eigenvalue weighted by molar-refractivity contribution is 5.78. The molecule has 0 saturated carbocycles. The summed E-state index contributed by atoms with van der Waals surface area (Å²) in [4.78, 5) is 0. The summed E-state index contributed by atoms with van der Waals surface area (Å²) in [6.45, 7) is 0. The van der Waals surface area contributed by atoms with Crippen molar-refractivity contribution in [2.75, 3.05) is 0 Å². The number of rotatable bonds is 4. The van der Waals surface area contributed by atoms with Gasteiger partial charge in [0.15, 0.2) is 0 Å². The van der Waals surface area contributed by atoms with Crippen LogP contribution in [0.2, 0.25) is 0 Å². The van der Waals surface area contributed by atoms with E-state index in [9.17, 15) is 0 Å². The second kappa shape index (κ2) is 7.26. The van der Waals surface area contributed by atoms with Crippen LogP contribution in [0.15, 0.2) is 116 Å². The zero-order chi connectivity index (χ0) is 20.6. The molecule has 148 valence electrons. The lowest BCUT2D eigenvalue weighted by atomic mass is 9.83. The van der Waals surface area contributed by atoms with Crippen LogP contribution < -0.4 is 0 Å². The number of nitrogens with zero attached hydrogens (tertiary/aromatic N) is 4. The summed E-state index contributed by atoms with van der Waals surface area (Å²) in [5.74, 6) is -0.00351. The van der Waals surface area contributed by atoms with Crippen LogP contribution in [0.3, 0.4) is 0 Å². The van der Waals surface area contributed by atoms with Gasteiger partial charge in [-0.2, -0.15) is 10.2 Å². The van der Waals surface area contributed by atoms with Crippen molar-refractivity contribution in [3.05, 3.63) is 132 Å². The highest BCUT2D eigenvalue weighted by atomic mass is 15.2. The minimum absolute atomic E-state index is 0.00351. The van der Waals surface area contributed by atoms with Crippen LogP contribution >= 0.6 is 0 Å². The van der Waals surface area contributed by atoms with Gasteiger partial charge in [0.2, 0.25) is 0 Å². The monoisotopic (exact) mass is 400 g/mol. The zero-order valence-electron chi connectivity index (χ0n) is 16.8. The Labute approximate surface area is 180 Å².